The SMILES string of the molecule is CN(C)c1cc(CNC(=O)N(Cc2cccc(F)c2)C2CC2)ccn1. The van der Waals surface area contributed by atoms with Gasteiger partial charge in [0.15, 0.2) is 0 Å². The van der Waals surface area contributed by atoms with Crippen molar-refractivity contribution in [1.82, 2.24) is 15.2 Å². The number of halogens is 1. The van der Waals surface area contributed by atoms with Gasteiger partial charge in [0.1, 0.15) is 11.6 Å². The molecule has 1 heterocycles. The number of pyridine rings is 1. The van der Waals surface area contributed by atoms with Crippen LogP contribution in [0.15, 0.2) is 42.6 Å². The van der Waals surface area contributed by atoms with Crippen LogP contribution in [0.2, 0.25) is 0 Å². The lowest BCUT2D eigenvalue weighted by Crippen LogP contribution is -2.40. The van der Waals surface area contributed by atoms with Gasteiger partial charge in [-0.2, -0.15) is 0 Å². The lowest BCUT2D eigenvalue weighted by molar-refractivity contribution is 0.191. The van der Waals surface area contributed by atoms with E-state index in [9.17, 15) is 9.18 Å². The van der Waals surface area contributed by atoms with Crippen molar-refractivity contribution >= 4 is 11.8 Å². The second kappa shape index (κ2) is 7.51. The Morgan fingerprint density at radius 3 is 2.72 bits per heavy atom. The van der Waals surface area contributed by atoms with Gasteiger partial charge in [0, 0.05) is 39.4 Å². The van der Waals surface area contributed by atoms with Crippen molar-refractivity contribution in [3.8, 4) is 0 Å². The summed E-state index contributed by atoms with van der Waals surface area (Å²) >= 11 is 0. The van der Waals surface area contributed by atoms with Crippen molar-refractivity contribution in [2.75, 3.05) is 19.0 Å². The average molecular weight is 342 g/mol. The molecule has 0 bridgehead atoms. The summed E-state index contributed by atoms with van der Waals surface area (Å²) in [5.41, 5.74) is 1.80. The molecule has 6 heteroatoms. The Morgan fingerprint density at radius 2 is 2.04 bits per heavy atom. The molecule has 1 saturated carbocycles. The van der Waals surface area contributed by atoms with Gasteiger partial charge in [0.05, 0.1) is 0 Å². The molecule has 1 aromatic heterocycles. The molecule has 1 N–H and O–H groups in total. The van der Waals surface area contributed by atoms with Gasteiger partial charge in [0.25, 0.3) is 0 Å². The fourth-order valence-electron chi connectivity index (χ4n) is 2.68. The Hall–Kier alpha value is -2.63. The molecule has 1 aliphatic carbocycles. The molecule has 132 valence electrons. The van der Waals surface area contributed by atoms with Crippen molar-refractivity contribution < 1.29 is 9.18 Å². The monoisotopic (exact) mass is 342 g/mol. The first-order chi connectivity index (χ1) is 12.0. The van der Waals surface area contributed by atoms with E-state index in [1.54, 1.807) is 17.2 Å². The van der Waals surface area contributed by atoms with E-state index in [1.807, 2.05) is 37.2 Å². The van der Waals surface area contributed by atoms with E-state index < -0.39 is 0 Å². The Morgan fingerprint density at radius 1 is 1.24 bits per heavy atom. The van der Waals surface area contributed by atoms with Crippen LogP contribution in [0.3, 0.4) is 0 Å². The molecule has 1 fully saturated rings. The van der Waals surface area contributed by atoms with Gasteiger partial charge in [-0.3, -0.25) is 0 Å². The van der Waals surface area contributed by atoms with Gasteiger partial charge < -0.3 is 15.1 Å². The number of carbonyl (C=O) groups excluding carboxylic acids is 1. The summed E-state index contributed by atoms with van der Waals surface area (Å²) in [5, 5.41) is 2.97. The molecule has 1 aliphatic rings. The summed E-state index contributed by atoms with van der Waals surface area (Å²) in [4.78, 5) is 20.6. The second-order valence-corrected chi connectivity index (χ2v) is 6.56. The van der Waals surface area contributed by atoms with Crippen LogP contribution < -0.4 is 10.2 Å². The lowest BCUT2D eigenvalue weighted by Gasteiger charge is -2.23. The molecular weight excluding hydrogens is 319 g/mol. The number of amides is 2. The summed E-state index contributed by atoms with van der Waals surface area (Å²) in [7, 11) is 3.86. The first-order valence-corrected chi connectivity index (χ1v) is 8.44. The van der Waals surface area contributed by atoms with Crippen LogP contribution in [0, 0.1) is 5.82 Å². The zero-order valence-electron chi connectivity index (χ0n) is 14.6. The average Bonchev–Trinajstić information content (AvgIpc) is 3.43. The van der Waals surface area contributed by atoms with E-state index in [2.05, 4.69) is 10.3 Å². The van der Waals surface area contributed by atoms with E-state index in [4.69, 9.17) is 0 Å². The molecule has 2 aromatic rings. The maximum absolute atomic E-state index is 13.4. The third-order valence-corrected chi connectivity index (χ3v) is 4.20. The fourth-order valence-corrected chi connectivity index (χ4v) is 2.68. The minimum Gasteiger partial charge on any atom is -0.363 e. The summed E-state index contributed by atoms with van der Waals surface area (Å²) < 4.78 is 13.4. The van der Waals surface area contributed by atoms with Gasteiger partial charge in [-0.05, 0) is 48.2 Å². The Labute approximate surface area is 147 Å². The number of carbonyl (C=O) groups is 1. The van der Waals surface area contributed by atoms with Crippen LogP contribution in [0.25, 0.3) is 0 Å². The second-order valence-electron chi connectivity index (χ2n) is 6.56. The summed E-state index contributed by atoms with van der Waals surface area (Å²) in [6, 6.07) is 10.4. The third kappa shape index (κ3) is 4.68. The van der Waals surface area contributed by atoms with Crippen molar-refractivity contribution in [2.24, 2.45) is 0 Å². The third-order valence-electron chi connectivity index (χ3n) is 4.20. The number of nitrogens with one attached hydrogen (secondary N) is 1. The van der Waals surface area contributed by atoms with E-state index in [-0.39, 0.29) is 17.9 Å². The topological polar surface area (TPSA) is 48.5 Å². The lowest BCUT2D eigenvalue weighted by atomic mass is 10.2. The van der Waals surface area contributed by atoms with Crippen molar-refractivity contribution in [2.45, 2.75) is 32.0 Å². The Kier molecular flexibility index (Phi) is 5.16. The molecule has 0 aliphatic heterocycles. The van der Waals surface area contributed by atoms with Crippen LogP contribution in [-0.4, -0.2) is 36.1 Å². The van der Waals surface area contributed by atoms with Gasteiger partial charge in [-0.15, -0.1) is 0 Å². The normalized spacial score (nSPS) is 13.4. The fraction of sp³-hybridized carbons (Fsp3) is 0.368. The molecule has 5 nitrogen and oxygen atoms in total. The van der Waals surface area contributed by atoms with Gasteiger partial charge >= 0.3 is 6.03 Å². The number of aromatic nitrogens is 1. The molecule has 25 heavy (non-hydrogen) atoms. The smallest absolute Gasteiger partial charge is 0.318 e. The Balaban J connectivity index is 1.62. The van der Waals surface area contributed by atoms with Crippen molar-refractivity contribution in [3.63, 3.8) is 0 Å². The van der Waals surface area contributed by atoms with E-state index in [0.29, 0.717) is 13.1 Å². The Bertz CT molecular complexity index is 746. The standard InChI is InChI=1S/C19H23FN4O/c1-23(2)18-11-14(8-9-21-18)12-22-19(25)24(17-6-7-17)13-15-4-3-5-16(20)10-15/h3-5,8-11,17H,6-7,12-13H2,1-2H3,(H,22,25). The summed E-state index contributed by atoms with van der Waals surface area (Å²) in [6.45, 7) is 0.863. The highest BCUT2D eigenvalue weighted by Crippen LogP contribution is 2.28. The maximum atomic E-state index is 13.4. The number of anilines is 1. The largest absolute Gasteiger partial charge is 0.363 e. The molecule has 2 amide bonds. The van der Waals surface area contributed by atoms with E-state index >= 15 is 0 Å². The zero-order valence-corrected chi connectivity index (χ0v) is 14.6. The number of benzene rings is 1. The van der Waals surface area contributed by atoms with Crippen LogP contribution in [0.5, 0.6) is 0 Å². The maximum Gasteiger partial charge on any atom is 0.318 e. The molecule has 1 aromatic carbocycles. The molecule has 0 atom stereocenters. The first kappa shape index (κ1) is 17.2. The van der Waals surface area contributed by atoms with Crippen LogP contribution >= 0.6 is 0 Å². The number of hydrogen-bond donors (Lipinski definition) is 1. The quantitative estimate of drug-likeness (QED) is 0.877. The minimum absolute atomic E-state index is 0.116. The highest BCUT2D eigenvalue weighted by molar-refractivity contribution is 5.75. The molecule has 0 spiro atoms. The van der Waals surface area contributed by atoms with Crippen LogP contribution in [-0.2, 0) is 13.1 Å². The predicted octanol–water partition coefficient (Wildman–Crippen LogP) is 3.16. The highest BCUT2D eigenvalue weighted by atomic mass is 19.1. The first-order valence-electron chi connectivity index (χ1n) is 8.44. The van der Waals surface area contributed by atoms with Crippen LogP contribution in [0.4, 0.5) is 15.0 Å². The van der Waals surface area contributed by atoms with Crippen molar-refractivity contribution in [3.05, 3.63) is 59.5 Å². The van der Waals surface area contributed by atoms with E-state index in [1.165, 1.54) is 12.1 Å². The zero-order chi connectivity index (χ0) is 17.8. The predicted molar refractivity (Wildman–Crippen MR) is 95.8 cm³/mol. The molecule has 0 radical (unpaired) electrons. The number of urea groups is 1. The molecule has 3 rings (SSSR count). The molecule has 0 unspecified atom stereocenters. The summed E-state index contributed by atoms with van der Waals surface area (Å²) in [5.74, 6) is 0.576. The summed E-state index contributed by atoms with van der Waals surface area (Å²) in [6.07, 6.45) is 3.74. The van der Waals surface area contributed by atoms with E-state index in [0.717, 1.165) is 29.8 Å². The minimum atomic E-state index is -0.276. The number of nitrogens with zero attached hydrogens (tertiary/aromatic N) is 3. The highest BCUT2D eigenvalue weighted by Gasteiger charge is 2.32. The van der Waals surface area contributed by atoms with Gasteiger partial charge in [0.2, 0.25) is 0 Å². The molecule has 0 saturated heterocycles. The van der Waals surface area contributed by atoms with Gasteiger partial charge in [-0.25, -0.2) is 14.2 Å². The molecular formula is C19H23FN4O. The van der Waals surface area contributed by atoms with Crippen molar-refractivity contribution in [1.29, 1.82) is 0 Å². The number of hydrogen-bond acceptors (Lipinski definition) is 3. The van der Waals surface area contributed by atoms with Crippen LogP contribution in [0.1, 0.15) is 24.0 Å². The number of rotatable bonds is 6. The van der Waals surface area contributed by atoms with Gasteiger partial charge in [-0.1, -0.05) is 12.1 Å².